The van der Waals surface area contributed by atoms with Crippen LogP contribution in [0.2, 0.25) is 5.02 Å². The predicted octanol–water partition coefficient (Wildman–Crippen LogP) is 4.15. The van der Waals surface area contributed by atoms with Gasteiger partial charge in [-0.2, -0.15) is 4.99 Å². The number of carbonyl (C=O) groups excluding carboxylic acids is 1. The minimum absolute atomic E-state index is 0.155. The van der Waals surface area contributed by atoms with Crippen LogP contribution in [0.3, 0.4) is 0 Å². The summed E-state index contributed by atoms with van der Waals surface area (Å²) in [5.74, 6) is -0.0989. The summed E-state index contributed by atoms with van der Waals surface area (Å²) < 4.78 is 0. The molecule has 0 atom stereocenters. The number of aryl methyl sites for hydroxylation is 1. The molecule has 1 N–H and O–H groups in total. The van der Waals surface area contributed by atoms with Crippen LogP contribution in [0.1, 0.15) is 11.1 Å². The lowest BCUT2D eigenvalue weighted by atomic mass is 10.2. The van der Waals surface area contributed by atoms with Crippen molar-refractivity contribution in [3.8, 4) is 5.75 Å². The maximum Gasteiger partial charge on any atom is 0.286 e. The Morgan fingerprint density at radius 1 is 1.11 bits per heavy atom. The monoisotopic (exact) mass is 413 g/mol. The van der Waals surface area contributed by atoms with E-state index in [-0.39, 0.29) is 11.7 Å². The molecule has 0 bridgehead atoms. The van der Waals surface area contributed by atoms with Crippen LogP contribution in [0.4, 0.5) is 5.69 Å². The second-order valence-corrected chi connectivity index (χ2v) is 8.19. The molecule has 0 spiro atoms. The fraction of sp³-hybridized carbons (Fsp3) is 0.238. The van der Waals surface area contributed by atoms with Gasteiger partial charge < -0.3 is 14.9 Å². The van der Waals surface area contributed by atoms with Crippen molar-refractivity contribution >= 4 is 46.2 Å². The Hall–Kier alpha value is -2.44. The molecule has 2 aromatic carbocycles. The number of carbonyl (C=O) groups is 1. The molecule has 5 nitrogen and oxygen atoms in total. The van der Waals surface area contributed by atoms with Gasteiger partial charge in [0.1, 0.15) is 5.75 Å². The summed E-state index contributed by atoms with van der Waals surface area (Å²) in [6, 6.07) is 13.1. The SMILES string of the molecule is Cc1ccc(N2CCN(C3=NC(=O)/C(=C\c4ccccc4O)S3)CC2)cc1Cl. The number of amides is 1. The lowest BCUT2D eigenvalue weighted by Crippen LogP contribution is -2.47. The molecule has 0 unspecified atom stereocenters. The maximum absolute atomic E-state index is 12.3. The first-order chi connectivity index (χ1) is 13.5. The summed E-state index contributed by atoms with van der Waals surface area (Å²) in [6.45, 7) is 5.25. The smallest absolute Gasteiger partial charge is 0.286 e. The van der Waals surface area contributed by atoms with Crippen LogP contribution in [-0.4, -0.2) is 47.3 Å². The van der Waals surface area contributed by atoms with Gasteiger partial charge in [0.15, 0.2) is 5.17 Å². The number of hydrogen-bond donors (Lipinski definition) is 1. The highest BCUT2D eigenvalue weighted by Crippen LogP contribution is 2.33. The Labute approximate surface area is 173 Å². The first kappa shape index (κ1) is 18.9. The minimum Gasteiger partial charge on any atom is -0.507 e. The topological polar surface area (TPSA) is 56.1 Å². The van der Waals surface area contributed by atoms with E-state index in [0.29, 0.717) is 10.5 Å². The molecule has 0 aromatic heterocycles. The minimum atomic E-state index is -0.254. The van der Waals surface area contributed by atoms with Gasteiger partial charge in [-0.3, -0.25) is 4.79 Å². The van der Waals surface area contributed by atoms with Gasteiger partial charge in [0.05, 0.1) is 4.91 Å². The molecule has 0 aliphatic carbocycles. The first-order valence-corrected chi connectivity index (χ1v) is 10.3. The van der Waals surface area contributed by atoms with Gasteiger partial charge >= 0.3 is 0 Å². The molecular formula is C21H20ClN3O2S. The van der Waals surface area contributed by atoms with Crippen LogP contribution in [-0.2, 0) is 4.79 Å². The summed E-state index contributed by atoms with van der Waals surface area (Å²) in [5.41, 5.74) is 2.81. The highest BCUT2D eigenvalue weighted by molar-refractivity contribution is 8.18. The fourth-order valence-electron chi connectivity index (χ4n) is 3.22. The standard InChI is InChI=1S/C21H20ClN3O2S/c1-14-6-7-16(13-17(14)22)24-8-10-25(11-9-24)21-23-20(27)19(28-21)12-15-4-2-3-5-18(15)26/h2-7,12-13,26H,8-11H2,1H3/b19-12+. The number of halogens is 1. The average Bonchev–Trinajstić information content (AvgIpc) is 3.06. The van der Waals surface area contributed by atoms with Gasteiger partial charge in [0.25, 0.3) is 5.91 Å². The van der Waals surface area contributed by atoms with Gasteiger partial charge in [-0.1, -0.05) is 35.9 Å². The Kier molecular flexibility index (Phi) is 5.33. The van der Waals surface area contributed by atoms with E-state index in [9.17, 15) is 9.90 Å². The predicted molar refractivity (Wildman–Crippen MR) is 116 cm³/mol. The molecule has 1 fully saturated rings. The Morgan fingerprint density at radius 2 is 1.82 bits per heavy atom. The third-order valence-corrected chi connectivity index (χ3v) is 6.35. The quantitative estimate of drug-likeness (QED) is 0.749. The van der Waals surface area contributed by atoms with E-state index in [1.807, 2.05) is 25.1 Å². The molecule has 0 saturated carbocycles. The molecule has 1 amide bonds. The van der Waals surface area contributed by atoms with Crippen LogP contribution in [0, 0.1) is 6.92 Å². The summed E-state index contributed by atoms with van der Waals surface area (Å²) in [5, 5.41) is 11.4. The number of rotatable bonds is 2. The molecule has 0 radical (unpaired) electrons. The molecular weight excluding hydrogens is 394 g/mol. The molecule has 2 heterocycles. The number of thioether (sulfide) groups is 1. The molecule has 1 saturated heterocycles. The number of piperazine rings is 1. The number of amidine groups is 1. The van der Waals surface area contributed by atoms with E-state index >= 15 is 0 Å². The van der Waals surface area contributed by atoms with Crippen LogP contribution >= 0.6 is 23.4 Å². The molecule has 4 rings (SSSR count). The van der Waals surface area contributed by atoms with Crippen molar-refractivity contribution in [1.82, 2.24) is 4.90 Å². The average molecular weight is 414 g/mol. The van der Waals surface area contributed by atoms with E-state index in [1.165, 1.54) is 11.8 Å². The lowest BCUT2D eigenvalue weighted by Gasteiger charge is -2.36. The number of phenolic OH excluding ortho intramolecular Hbond substituents is 1. The third kappa shape index (κ3) is 3.88. The number of benzene rings is 2. The van der Waals surface area contributed by atoms with E-state index in [1.54, 1.807) is 24.3 Å². The zero-order valence-electron chi connectivity index (χ0n) is 15.4. The summed E-state index contributed by atoms with van der Waals surface area (Å²) in [7, 11) is 0. The molecule has 144 valence electrons. The molecule has 2 aliphatic heterocycles. The number of anilines is 1. The Morgan fingerprint density at radius 3 is 2.54 bits per heavy atom. The number of hydrogen-bond acceptors (Lipinski definition) is 5. The summed E-state index contributed by atoms with van der Waals surface area (Å²) >= 11 is 7.62. The van der Waals surface area contributed by atoms with Crippen molar-refractivity contribution in [1.29, 1.82) is 0 Å². The Bertz CT molecular complexity index is 981. The van der Waals surface area contributed by atoms with Gasteiger partial charge in [0, 0.05) is 42.5 Å². The van der Waals surface area contributed by atoms with Gasteiger partial charge in [-0.25, -0.2) is 0 Å². The van der Waals surface area contributed by atoms with Crippen molar-refractivity contribution in [2.24, 2.45) is 4.99 Å². The normalized spacial score (nSPS) is 18.7. The number of aliphatic imine (C=N–C) groups is 1. The third-order valence-electron chi connectivity index (χ3n) is 4.90. The van der Waals surface area contributed by atoms with Crippen molar-refractivity contribution in [3.63, 3.8) is 0 Å². The summed E-state index contributed by atoms with van der Waals surface area (Å²) in [6.07, 6.45) is 1.70. The van der Waals surface area contributed by atoms with Crippen LogP contribution < -0.4 is 4.90 Å². The number of para-hydroxylation sites is 1. The number of nitrogens with zero attached hydrogens (tertiary/aromatic N) is 3. The van der Waals surface area contributed by atoms with Crippen molar-refractivity contribution < 1.29 is 9.90 Å². The van der Waals surface area contributed by atoms with E-state index in [0.717, 1.165) is 47.6 Å². The van der Waals surface area contributed by atoms with Crippen LogP contribution in [0.5, 0.6) is 5.75 Å². The second-order valence-electron chi connectivity index (χ2n) is 6.78. The largest absolute Gasteiger partial charge is 0.507 e. The van der Waals surface area contributed by atoms with Crippen molar-refractivity contribution in [2.45, 2.75) is 6.92 Å². The highest BCUT2D eigenvalue weighted by atomic mass is 35.5. The van der Waals surface area contributed by atoms with Crippen LogP contribution in [0.15, 0.2) is 52.4 Å². The van der Waals surface area contributed by atoms with Gasteiger partial charge in [-0.05, 0) is 48.5 Å². The van der Waals surface area contributed by atoms with E-state index in [4.69, 9.17) is 11.6 Å². The molecule has 2 aromatic rings. The zero-order chi connectivity index (χ0) is 19.7. The lowest BCUT2D eigenvalue weighted by molar-refractivity contribution is -0.113. The maximum atomic E-state index is 12.3. The van der Waals surface area contributed by atoms with Gasteiger partial charge in [0.2, 0.25) is 0 Å². The Balaban J connectivity index is 1.41. The van der Waals surface area contributed by atoms with Crippen molar-refractivity contribution in [2.75, 3.05) is 31.1 Å². The van der Waals surface area contributed by atoms with Crippen molar-refractivity contribution in [3.05, 3.63) is 63.5 Å². The highest BCUT2D eigenvalue weighted by Gasteiger charge is 2.28. The zero-order valence-corrected chi connectivity index (χ0v) is 17.0. The van der Waals surface area contributed by atoms with E-state index < -0.39 is 0 Å². The molecule has 2 aliphatic rings. The molecule has 7 heteroatoms. The number of phenols is 1. The summed E-state index contributed by atoms with van der Waals surface area (Å²) in [4.78, 5) is 21.5. The second kappa shape index (κ2) is 7.89. The molecule has 28 heavy (non-hydrogen) atoms. The number of aromatic hydroxyl groups is 1. The van der Waals surface area contributed by atoms with Gasteiger partial charge in [-0.15, -0.1) is 0 Å². The van der Waals surface area contributed by atoms with Crippen LogP contribution in [0.25, 0.3) is 6.08 Å². The van der Waals surface area contributed by atoms with E-state index in [2.05, 4.69) is 20.9 Å². The fourth-order valence-corrected chi connectivity index (χ4v) is 4.35. The first-order valence-electron chi connectivity index (χ1n) is 9.08.